The van der Waals surface area contributed by atoms with Gasteiger partial charge >= 0.3 is 5.97 Å². The number of carbonyl (C=O) groups excluding carboxylic acids is 1. The van der Waals surface area contributed by atoms with Gasteiger partial charge in [0, 0.05) is 0 Å². The summed E-state index contributed by atoms with van der Waals surface area (Å²) < 4.78 is 0. The van der Waals surface area contributed by atoms with Crippen LogP contribution in [0.15, 0.2) is 18.2 Å². The molecule has 0 fully saturated rings. The smallest absolute Gasteiger partial charge is 0.305 e. The first-order valence-electron chi connectivity index (χ1n) is 5.03. The third-order valence-corrected chi connectivity index (χ3v) is 2.46. The first kappa shape index (κ1) is 12.2. The summed E-state index contributed by atoms with van der Waals surface area (Å²) in [6.45, 7) is 3.83. The Kier molecular flexibility index (Phi) is 4.05. The number of hydrogen-bond acceptors (Lipinski definition) is 2. The van der Waals surface area contributed by atoms with E-state index in [1.807, 2.05) is 32.0 Å². The molecule has 0 aromatic heterocycles. The maximum Gasteiger partial charge on any atom is 0.305 e. The summed E-state index contributed by atoms with van der Waals surface area (Å²) >= 11 is 0. The van der Waals surface area contributed by atoms with E-state index in [0.717, 1.165) is 16.7 Å². The average Bonchev–Trinajstić information content (AvgIpc) is 2.20. The lowest BCUT2D eigenvalue weighted by molar-refractivity contribution is -0.137. The van der Waals surface area contributed by atoms with Gasteiger partial charge in [0.05, 0.1) is 12.5 Å². The number of carboxylic acids is 1. The highest BCUT2D eigenvalue weighted by molar-refractivity contribution is 5.69. The molecular formula is C12H15NO3. The van der Waals surface area contributed by atoms with Crippen molar-refractivity contribution in [2.75, 3.05) is 0 Å². The molecule has 0 heterocycles. The number of amides is 1. The Balaban J connectivity index is 3.03. The van der Waals surface area contributed by atoms with Gasteiger partial charge in [-0.2, -0.15) is 0 Å². The third kappa shape index (κ3) is 3.08. The molecule has 0 aliphatic rings. The Labute approximate surface area is 94.3 Å². The van der Waals surface area contributed by atoms with E-state index in [1.54, 1.807) is 0 Å². The fraction of sp³-hybridized carbons (Fsp3) is 0.333. The SMILES string of the molecule is Cc1ccc(C)c([C@@H](CC(=O)O)NC=O)c1. The van der Waals surface area contributed by atoms with Crippen molar-refractivity contribution >= 4 is 12.4 Å². The van der Waals surface area contributed by atoms with E-state index in [9.17, 15) is 9.59 Å². The van der Waals surface area contributed by atoms with Crippen LogP contribution in [0.1, 0.15) is 29.2 Å². The van der Waals surface area contributed by atoms with Gasteiger partial charge in [-0.25, -0.2) is 0 Å². The van der Waals surface area contributed by atoms with Crippen molar-refractivity contribution in [1.29, 1.82) is 0 Å². The zero-order valence-corrected chi connectivity index (χ0v) is 9.36. The molecule has 4 nitrogen and oxygen atoms in total. The Hall–Kier alpha value is -1.84. The molecular weight excluding hydrogens is 206 g/mol. The molecule has 1 amide bonds. The molecule has 1 aromatic carbocycles. The van der Waals surface area contributed by atoms with Crippen molar-refractivity contribution in [2.24, 2.45) is 0 Å². The number of aryl methyl sites for hydroxylation is 2. The van der Waals surface area contributed by atoms with E-state index < -0.39 is 12.0 Å². The summed E-state index contributed by atoms with van der Waals surface area (Å²) in [5.74, 6) is -0.930. The van der Waals surface area contributed by atoms with Crippen LogP contribution >= 0.6 is 0 Å². The Morgan fingerprint density at radius 2 is 2.19 bits per heavy atom. The van der Waals surface area contributed by atoms with E-state index >= 15 is 0 Å². The fourth-order valence-electron chi connectivity index (χ4n) is 1.65. The number of benzene rings is 1. The summed E-state index contributed by atoms with van der Waals surface area (Å²) in [7, 11) is 0. The summed E-state index contributed by atoms with van der Waals surface area (Å²) in [4.78, 5) is 21.2. The van der Waals surface area contributed by atoms with Gasteiger partial charge in [0.25, 0.3) is 0 Å². The van der Waals surface area contributed by atoms with Gasteiger partial charge in [0.1, 0.15) is 0 Å². The number of carboxylic acid groups (broad SMARTS) is 1. The molecule has 4 heteroatoms. The maximum absolute atomic E-state index is 10.7. The molecule has 0 radical (unpaired) electrons. The van der Waals surface area contributed by atoms with Crippen LogP contribution in [0.25, 0.3) is 0 Å². The molecule has 0 bridgehead atoms. The van der Waals surface area contributed by atoms with Gasteiger partial charge in [-0.05, 0) is 25.0 Å². The topological polar surface area (TPSA) is 66.4 Å². The van der Waals surface area contributed by atoms with Gasteiger partial charge in [-0.15, -0.1) is 0 Å². The summed E-state index contributed by atoms with van der Waals surface area (Å²) in [5.41, 5.74) is 2.88. The predicted molar refractivity (Wildman–Crippen MR) is 60.1 cm³/mol. The van der Waals surface area contributed by atoms with Crippen LogP contribution in [-0.4, -0.2) is 17.5 Å². The number of aliphatic carboxylic acids is 1. The highest BCUT2D eigenvalue weighted by atomic mass is 16.4. The van der Waals surface area contributed by atoms with Crippen LogP contribution in [0, 0.1) is 13.8 Å². The molecule has 1 rings (SSSR count). The maximum atomic E-state index is 10.7. The van der Waals surface area contributed by atoms with E-state index in [0.29, 0.717) is 6.41 Å². The van der Waals surface area contributed by atoms with Crippen molar-refractivity contribution < 1.29 is 14.7 Å². The summed E-state index contributed by atoms with van der Waals surface area (Å²) in [6, 6.07) is 5.32. The quantitative estimate of drug-likeness (QED) is 0.741. The van der Waals surface area contributed by atoms with Crippen molar-refractivity contribution in [1.82, 2.24) is 5.32 Å². The van der Waals surface area contributed by atoms with Gasteiger partial charge in [0.2, 0.25) is 6.41 Å². The number of carbonyl (C=O) groups is 2. The summed E-state index contributed by atoms with van der Waals surface area (Å²) in [5, 5.41) is 11.3. The largest absolute Gasteiger partial charge is 0.481 e. The second kappa shape index (κ2) is 5.30. The number of nitrogens with one attached hydrogen (secondary N) is 1. The van der Waals surface area contributed by atoms with Gasteiger partial charge in [-0.1, -0.05) is 23.8 Å². The lowest BCUT2D eigenvalue weighted by atomic mass is 9.97. The van der Waals surface area contributed by atoms with Crippen molar-refractivity contribution in [3.63, 3.8) is 0 Å². The minimum absolute atomic E-state index is 0.108. The fourth-order valence-corrected chi connectivity index (χ4v) is 1.65. The summed E-state index contributed by atoms with van der Waals surface area (Å²) in [6.07, 6.45) is 0.429. The van der Waals surface area contributed by atoms with Gasteiger partial charge < -0.3 is 10.4 Å². The van der Waals surface area contributed by atoms with Crippen LogP contribution < -0.4 is 5.32 Å². The van der Waals surface area contributed by atoms with Crippen LogP contribution in [0.2, 0.25) is 0 Å². The van der Waals surface area contributed by atoms with Crippen molar-refractivity contribution in [2.45, 2.75) is 26.3 Å². The Bertz CT molecular complexity index is 401. The Morgan fingerprint density at radius 3 is 2.75 bits per heavy atom. The van der Waals surface area contributed by atoms with Crippen LogP contribution in [0.5, 0.6) is 0 Å². The molecule has 0 unspecified atom stereocenters. The molecule has 1 aromatic rings. The molecule has 0 spiro atoms. The second-order valence-electron chi connectivity index (χ2n) is 3.80. The first-order chi connectivity index (χ1) is 7.54. The second-order valence-corrected chi connectivity index (χ2v) is 3.80. The molecule has 0 saturated carbocycles. The number of rotatable bonds is 5. The standard InChI is InChI=1S/C12H15NO3/c1-8-3-4-9(2)10(5-8)11(13-7-14)6-12(15)16/h3-5,7,11H,6H2,1-2H3,(H,13,14)(H,15,16)/t11-/m1/s1. The van der Waals surface area contributed by atoms with Crippen LogP contribution in [0.4, 0.5) is 0 Å². The minimum atomic E-state index is -0.930. The van der Waals surface area contributed by atoms with Crippen molar-refractivity contribution in [3.05, 3.63) is 34.9 Å². The van der Waals surface area contributed by atoms with Gasteiger partial charge in [-0.3, -0.25) is 9.59 Å². The van der Waals surface area contributed by atoms with Crippen LogP contribution in [-0.2, 0) is 9.59 Å². The Morgan fingerprint density at radius 1 is 1.50 bits per heavy atom. The molecule has 16 heavy (non-hydrogen) atoms. The average molecular weight is 221 g/mol. The molecule has 0 aliphatic heterocycles. The highest BCUT2D eigenvalue weighted by Crippen LogP contribution is 2.21. The number of hydrogen-bond donors (Lipinski definition) is 2. The molecule has 86 valence electrons. The normalized spacial score (nSPS) is 11.9. The van der Waals surface area contributed by atoms with E-state index in [-0.39, 0.29) is 6.42 Å². The molecule has 1 atom stereocenters. The van der Waals surface area contributed by atoms with E-state index in [2.05, 4.69) is 5.32 Å². The third-order valence-electron chi connectivity index (χ3n) is 2.46. The van der Waals surface area contributed by atoms with E-state index in [4.69, 9.17) is 5.11 Å². The monoisotopic (exact) mass is 221 g/mol. The zero-order chi connectivity index (χ0) is 12.1. The van der Waals surface area contributed by atoms with Crippen LogP contribution in [0.3, 0.4) is 0 Å². The lowest BCUT2D eigenvalue weighted by Gasteiger charge is -2.17. The molecule has 0 saturated heterocycles. The minimum Gasteiger partial charge on any atom is -0.481 e. The molecule has 2 N–H and O–H groups in total. The highest BCUT2D eigenvalue weighted by Gasteiger charge is 2.16. The van der Waals surface area contributed by atoms with Gasteiger partial charge in [0.15, 0.2) is 0 Å². The molecule has 0 aliphatic carbocycles. The van der Waals surface area contributed by atoms with Crippen molar-refractivity contribution in [3.8, 4) is 0 Å². The van der Waals surface area contributed by atoms with E-state index in [1.165, 1.54) is 0 Å². The lowest BCUT2D eigenvalue weighted by Crippen LogP contribution is -2.23. The zero-order valence-electron chi connectivity index (χ0n) is 9.36. The predicted octanol–water partition coefficient (Wildman–Crippen LogP) is 1.57. The first-order valence-corrected chi connectivity index (χ1v) is 5.03.